The number of rotatable bonds is 5. The third kappa shape index (κ3) is 3.58. The molecule has 0 radical (unpaired) electrons. The summed E-state index contributed by atoms with van der Waals surface area (Å²) < 4.78 is 21.6. The molecule has 4 atom stereocenters. The zero-order valence-electron chi connectivity index (χ0n) is 17.8. The molecule has 3 N–H and O–H groups in total. The number of nitrogens with one attached hydrogen (secondary N) is 2. The van der Waals surface area contributed by atoms with Gasteiger partial charge in [0, 0.05) is 40.6 Å². The van der Waals surface area contributed by atoms with Crippen molar-refractivity contribution in [1.29, 1.82) is 0 Å². The van der Waals surface area contributed by atoms with Gasteiger partial charge in [-0.25, -0.2) is 0 Å². The number of hydrogen-bond donors (Lipinski definition) is 3. The maximum atomic E-state index is 15.3. The van der Waals surface area contributed by atoms with Crippen molar-refractivity contribution < 1.29 is 23.5 Å². The van der Waals surface area contributed by atoms with Gasteiger partial charge in [0.05, 0.1) is 6.10 Å². The fourth-order valence-electron chi connectivity index (χ4n) is 5.13. The first kappa shape index (κ1) is 21.7. The molecule has 4 rings (SSSR count). The van der Waals surface area contributed by atoms with Crippen LogP contribution in [-0.2, 0) is 15.1 Å². The second kappa shape index (κ2) is 7.85. The lowest BCUT2D eigenvalue weighted by Gasteiger charge is -2.30. The van der Waals surface area contributed by atoms with Crippen molar-refractivity contribution in [3.8, 4) is 0 Å². The molecule has 0 unspecified atom stereocenters. The van der Waals surface area contributed by atoms with Crippen molar-refractivity contribution in [2.24, 2.45) is 5.92 Å². The maximum Gasteiger partial charge on any atom is 0.261 e. The van der Waals surface area contributed by atoms with Crippen molar-refractivity contribution >= 4 is 31.6 Å². The lowest BCUT2D eigenvalue weighted by molar-refractivity contribution is -0.143. The van der Waals surface area contributed by atoms with E-state index in [1.54, 1.807) is 55.6 Å². The first-order chi connectivity index (χ1) is 14.7. The SMILES string of the molecule is C[C@@H]1[C@@H]([Si](C)(C)F)[C@H](CCO)O[C@@]12C(=O)Nc1ccc(NC(=O)c3ccccc3)cc12. The minimum atomic E-state index is -3.20. The first-order valence-corrected chi connectivity index (χ1v) is 13.4. The number of aliphatic hydroxyl groups is 1. The standard InChI is InChI=1S/C23H27FN2O4Si/c1-14-20(31(2,3)24)19(11-12-27)30-23(14)17-13-16(9-10-18(17)26-22(23)29)25-21(28)15-7-5-4-6-8-15/h4-10,13-14,19-20,27H,11-12H2,1-3H3,(H,25,28)(H,26,29)/t14-,19+,20-,23+/m1/s1. The predicted octanol–water partition coefficient (Wildman–Crippen LogP) is 4.05. The highest BCUT2D eigenvalue weighted by atomic mass is 28.4. The number of carbonyl (C=O) groups excluding carboxylic acids is 2. The summed E-state index contributed by atoms with van der Waals surface area (Å²) in [6, 6.07) is 14.0. The molecule has 1 spiro atoms. The number of benzene rings is 2. The second-order valence-electron chi connectivity index (χ2n) is 8.82. The average molecular weight is 443 g/mol. The van der Waals surface area contributed by atoms with Gasteiger partial charge in [-0.15, -0.1) is 0 Å². The highest BCUT2D eigenvalue weighted by Gasteiger charge is 2.65. The minimum Gasteiger partial charge on any atom is -0.396 e. The first-order valence-electron chi connectivity index (χ1n) is 10.5. The molecule has 8 heteroatoms. The summed E-state index contributed by atoms with van der Waals surface area (Å²) in [7, 11) is -3.20. The van der Waals surface area contributed by atoms with Gasteiger partial charge >= 0.3 is 0 Å². The molecule has 2 aliphatic heterocycles. The zero-order valence-corrected chi connectivity index (χ0v) is 18.8. The van der Waals surface area contributed by atoms with Crippen LogP contribution in [0.5, 0.6) is 0 Å². The van der Waals surface area contributed by atoms with Crippen LogP contribution in [0, 0.1) is 5.92 Å². The molecule has 2 amide bonds. The summed E-state index contributed by atoms with van der Waals surface area (Å²) in [5, 5.41) is 15.2. The summed E-state index contributed by atoms with van der Waals surface area (Å²) >= 11 is 0. The number of aliphatic hydroxyl groups excluding tert-OH is 1. The molecule has 2 aromatic carbocycles. The van der Waals surface area contributed by atoms with E-state index in [0.29, 0.717) is 22.5 Å². The molecular weight excluding hydrogens is 415 g/mol. The summed E-state index contributed by atoms with van der Waals surface area (Å²) in [5.74, 6) is -1.01. The normalized spacial score (nSPS) is 27.3. The van der Waals surface area contributed by atoms with Crippen LogP contribution in [0.4, 0.5) is 15.5 Å². The molecule has 6 nitrogen and oxygen atoms in total. The van der Waals surface area contributed by atoms with Crippen molar-refractivity contribution in [3.63, 3.8) is 0 Å². The number of amides is 2. The largest absolute Gasteiger partial charge is 0.396 e. The molecule has 1 saturated heterocycles. The zero-order chi connectivity index (χ0) is 22.4. The Morgan fingerprint density at radius 2 is 1.97 bits per heavy atom. The Morgan fingerprint density at radius 1 is 1.26 bits per heavy atom. The van der Waals surface area contributed by atoms with Crippen LogP contribution in [-0.4, -0.2) is 38.0 Å². The monoisotopic (exact) mass is 442 g/mol. The van der Waals surface area contributed by atoms with Crippen LogP contribution < -0.4 is 10.6 Å². The summed E-state index contributed by atoms with van der Waals surface area (Å²) in [6.07, 6.45) is -0.282. The molecule has 31 heavy (non-hydrogen) atoms. The van der Waals surface area contributed by atoms with E-state index in [1.165, 1.54) is 0 Å². The summed E-state index contributed by atoms with van der Waals surface area (Å²) in [4.78, 5) is 25.7. The lowest BCUT2D eigenvalue weighted by Crippen LogP contribution is -2.42. The number of fused-ring (bicyclic) bond motifs is 2. The van der Waals surface area contributed by atoms with Gasteiger partial charge in [-0.2, -0.15) is 0 Å². The molecule has 2 aliphatic rings. The van der Waals surface area contributed by atoms with Gasteiger partial charge in [-0.1, -0.05) is 25.1 Å². The molecular formula is C23H27FN2O4Si. The van der Waals surface area contributed by atoms with Gasteiger partial charge in [-0.05, 0) is 49.8 Å². The number of carbonyl (C=O) groups is 2. The highest BCUT2D eigenvalue weighted by Crippen LogP contribution is 2.59. The van der Waals surface area contributed by atoms with E-state index in [4.69, 9.17) is 4.74 Å². The number of anilines is 2. The Hall–Kier alpha value is -2.55. The number of halogens is 1. The average Bonchev–Trinajstić information content (AvgIpc) is 3.17. The number of ether oxygens (including phenoxy) is 1. The van der Waals surface area contributed by atoms with Gasteiger partial charge in [0.25, 0.3) is 11.8 Å². The predicted molar refractivity (Wildman–Crippen MR) is 119 cm³/mol. The molecule has 0 saturated carbocycles. The van der Waals surface area contributed by atoms with Crippen LogP contribution in [0.1, 0.15) is 29.3 Å². The Labute approximate surface area is 182 Å². The third-order valence-electron chi connectivity index (χ3n) is 6.42. The fraction of sp³-hybridized carbons (Fsp3) is 0.391. The molecule has 164 valence electrons. The number of hydrogen-bond acceptors (Lipinski definition) is 4. The van der Waals surface area contributed by atoms with E-state index >= 15 is 4.11 Å². The second-order valence-corrected chi connectivity index (χ2v) is 12.6. The molecule has 0 aromatic heterocycles. The Balaban J connectivity index is 1.71. The molecule has 0 bridgehead atoms. The third-order valence-corrected chi connectivity index (χ3v) is 8.88. The highest BCUT2D eigenvalue weighted by molar-refractivity contribution is 6.72. The lowest BCUT2D eigenvalue weighted by atomic mass is 9.82. The van der Waals surface area contributed by atoms with E-state index < -0.39 is 31.6 Å². The maximum absolute atomic E-state index is 15.3. The van der Waals surface area contributed by atoms with Gasteiger partial charge in [-0.3, -0.25) is 9.59 Å². The van der Waals surface area contributed by atoms with Crippen molar-refractivity contribution in [1.82, 2.24) is 0 Å². The summed E-state index contributed by atoms with van der Waals surface area (Å²) in [6.45, 7) is 4.94. The molecule has 0 aliphatic carbocycles. The quantitative estimate of drug-likeness (QED) is 0.482. The van der Waals surface area contributed by atoms with Crippen LogP contribution in [0.3, 0.4) is 0 Å². The van der Waals surface area contributed by atoms with Gasteiger partial charge < -0.3 is 24.6 Å². The Kier molecular flexibility index (Phi) is 5.49. The molecule has 2 aromatic rings. The van der Waals surface area contributed by atoms with E-state index in [0.717, 1.165) is 0 Å². The van der Waals surface area contributed by atoms with Crippen molar-refractivity contribution in [2.75, 3.05) is 17.2 Å². The van der Waals surface area contributed by atoms with Crippen LogP contribution in [0.2, 0.25) is 18.6 Å². The smallest absolute Gasteiger partial charge is 0.261 e. The Morgan fingerprint density at radius 3 is 2.61 bits per heavy atom. The minimum absolute atomic E-state index is 0.143. The topological polar surface area (TPSA) is 87.7 Å². The van der Waals surface area contributed by atoms with Crippen LogP contribution in [0.25, 0.3) is 0 Å². The van der Waals surface area contributed by atoms with Gasteiger partial charge in [0.1, 0.15) is 0 Å². The molecule has 2 heterocycles. The van der Waals surface area contributed by atoms with Crippen LogP contribution >= 0.6 is 0 Å². The molecule has 1 fully saturated rings. The van der Waals surface area contributed by atoms with E-state index in [1.807, 2.05) is 13.0 Å². The van der Waals surface area contributed by atoms with E-state index in [-0.39, 0.29) is 24.8 Å². The van der Waals surface area contributed by atoms with E-state index in [9.17, 15) is 14.7 Å². The fourth-order valence-corrected chi connectivity index (χ4v) is 7.68. The van der Waals surface area contributed by atoms with Crippen LogP contribution in [0.15, 0.2) is 48.5 Å². The van der Waals surface area contributed by atoms with Gasteiger partial charge in [0.2, 0.25) is 8.41 Å². The van der Waals surface area contributed by atoms with Crippen molar-refractivity contribution in [2.45, 2.75) is 43.7 Å². The van der Waals surface area contributed by atoms with Gasteiger partial charge in [0.15, 0.2) is 5.60 Å². The Bertz CT molecular complexity index is 1010. The summed E-state index contributed by atoms with van der Waals surface area (Å²) in [5.41, 5.74) is 0.447. The van der Waals surface area contributed by atoms with E-state index in [2.05, 4.69) is 10.6 Å². The van der Waals surface area contributed by atoms with Crippen molar-refractivity contribution in [3.05, 3.63) is 59.7 Å².